The van der Waals surface area contributed by atoms with E-state index < -0.39 is 24.2 Å². The normalized spacial score (nSPS) is 31.8. The monoisotopic (exact) mass is 497 g/mol. The number of phenolic OH excluding ortho intramolecular Hbond substituents is 1. The lowest BCUT2D eigenvalue weighted by Gasteiger charge is -2.30. The molecule has 12 nitrogen and oxygen atoms in total. The molecule has 0 aliphatic carbocycles. The second-order valence-corrected chi connectivity index (χ2v) is 10.1. The summed E-state index contributed by atoms with van der Waals surface area (Å²) in [6, 6.07) is 4.34. The Bertz CT molecular complexity index is 1170. The zero-order valence-electron chi connectivity index (χ0n) is 20.2. The van der Waals surface area contributed by atoms with Crippen molar-refractivity contribution in [1.29, 1.82) is 0 Å². The third-order valence-corrected chi connectivity index (χ3v) is 7.43. The minimum absolute atomic E-state index is 0.121. The van der Waals surface area contributed by atoms with Crippen LogP contribution in [0.5, 0.6) is 5.75 Å². The van der Waals surface area contributed by atoms with Crippen molar-refractivity contribution in [2.75, 3.05) is 20.1 Å². The van der Waals surface area contributed by atoms with Gasteiger partial charge in [0.1, 0.15) is 17.5 Å². The van der Waals surface area contributed by atoms with Crippen LogP contribution in [0.25, 0.3) is 11.3 Å². The van der Waals surface area contributed by atoms with Crippen LogP contribution in [-0.4, -0.2) is 103 Å². The van der Waals surface area contributed by atoms with E-state index in [4.69, 9.17) is 0 Å². The van der Waals surface area contributed by atoms with Crippen molar-refractivity contribution in [1.82, 2.24) is 35.4 Å². The Morgan fingerprint density at radius 3 is 2.67 bits per heavy atom. The van der Waals surface area contributed by atoms with E-state index in [1.165, 1.54) is 0 Å². The fourth-order valence-electron chi connectivity index (χ4n) is 5.40. The Morgan fingerprint density at radius 2 is 1.89 bits per heavy atom. The van der Waals surface area contributed by atoms with Crippen LogP contribution < -0.4 is 10.6 Å². The van der Waals surface area contributed by atoms with Gasteiger partial charge in [0.15, 0.2) is 0 Å². The molecule has 1 aromatic carbocycles. The number of amides is 3. The lowest BCUT2D eigenvalue weighted by atomic mass is 10.1. The van der Waals surface area contributed by atoms with E-state index in [9.17, 15) is 24.6 Å². The summed E-state index contributed by atoms with van der Waals surface area (Å²) in [5, 5.41) is 34.5. The highest BCUT2D eigenvalue weighted by Crippen LogP contribution is 2.31. The minimum atomic E-state index is -1.05. The maximum absolute atomic E-state index is 13.7. The van der Waals surface area contributed by atoms with E-state index in [0.29, 0.717) is 30.6 Å². The maximum Gasteiger partial charge on any atom is 0.243 e. The Balaban J connectivity index is 1.42. The molecule has 4 heterocycles. The zero-order valence-corrected chi connectivity index (χ0v) is 20.2. The third kappa shape index (κ3) is 4.65. The van der Waals surface area contributed by atoms with Crippen LogP contribution >= 0.6 is 0 Å². The van der Waals surface area contributed by atoms with Crippen molar-refractivity contribution in [2.45, 2.75) is 62.5 Å². The highest BCUT2D eigenvalue weighted by Gasteiger charge is 2.46. The number of rotatable bonds is 2. The summed E-state index contributed by atoms with van der Waals surface area (Å²) >= 11 is 0. The van der Waals surface area contributed by atoms with Crippen molar-refractivity contribution in [3.05, 3.63) is 30.5 Å². The molecule has 3 aliphatic heterocycles. The van der Waals surface area contributed by atoms with Gasteiger partial charge in [0.05, 0.1) is 36.8 Å². The van der Waals surface area contributed by atoms with Crippen LogP contribution in [0.1, 0.15) is 32.2 Å². The van der Waals surface area contributed by atoms with E-state index >= 15 is 0 Å². The quantitative estimate of drug-likeness (QED) is 0.423. The van der Waals surface area contributed by atoms with Crippen molar-refractivity contribution in [3.8, 4) is 17.0 Å². The van der Waals surface area contributed by atoms with Gasteiger partial charge in [-0.05, 0) is 32.5 Å². The molecule has 12 heteroatoms. The molecular formula is C24H31N7O5. The molecule has 2 bridgehead atoms. The molecule has 5 rings (SSSR count). The Labute approximate surface area is 208 Å². The number of hydrogen-bond donors (Lipinski definition) is 4. The number of aromatic hydroxyl groups is 1. The SMILES string of the molecule is C[C@@H]1NC(=O)[C@@H]2C[C@H](n3cc(-c4cccc(O)c4)nn3)CN2C(=O)[C@@H]2C[C@H](CN2C)NC(=O)C[C@@H]1O. The Morgan fingerprint density at radius 1 is 1.08 bits per heavy atom. The summed E-state index contributed by atoms with van der Waals surface area (Å²) in [7, 11) is 1.83. The van der Waals surface area contributed by atoms with Crippen molar-refractivity contribution >= 4 is 17.7 Å². The van der Waals surface area contributed by atoms with Crippen LogP contribution in [0, 0.1) is 0 Å². The van der Waals surface area contributed by atoms with Crippen molar-refractivity contribution in [2.24, 2.45) is 0 Å². The summed E-state index contributed by atoms with van der Waals surface area (Å²) in [5.41, 5.74) is 1.28. The van der Waals surface area contributed by atoms with Gasteiger partial charge in [-0.25, -0.2) is 4.68 Å². The van der Waals surface area contributed by atoms with Gasteiger partial charge >= 0.3 is 0 Å². The average Bonchev–Trinajstić information content (AvgIpc) is 3.56. The average molecular weight is 498 g/mol. The molecule has 0 spiro atoms. The first-order valence-corrected chi connectivity index (χ1v) is 12.2. The van der Waals surface area contributed by atoms with Gasteiger partial charge in [-0.2, -0.15) is 0 Å². The molecule has 0 unspecified atom stereocenters. The standard InChI is InChI=1S/C24H31N7O5/c1-13-21(33)9-22(34)26-15-7-20(29(2)10-15)24(36)30-11-16(8-19(30)23(35)25-13)31-12-18(27-28-31)14-4-3-5-17(32)6-14/h3-6,12-13,15-16,19-21,32-33H,7-11H2,1-2H3,(H,25,35)(H,26,34)/t13-,15+,16-,19-,20-,21-/m0/s1. The first kappa shape index (κ1) is 24.2. The second-order valence-electron chi connectivity index (χ2n) is 10.1. The molecule has 3 aliphatic rings. The smallest absolute Gasteiger partial charge is 0.243 e. The topological polar surface area (TPSA) is 153 Å². The van der Waals surface area contributed by atoms with E-state index in [2.05, 4.69) is 20.9 Å². The molecule has 192 valence electrons. The van der Waals surface area contributed by atoms with Crippen LogP contribution in [0.3, 0.4) is 0 Å². The molecule has 2 aromatic rings. The molecule has 1 aromatic heterocycles. The number of likely N-dealkylation sites (tertiary alicyclic amines) is 1. The lowest BCUT2D eigenvalue weighted by molar-refractivity contribution is -0.142. The Kier molecular flexibility index (Phi) is 6.39. The molecule has 0 saturated carbocycles. The van der Waals surface area contributed by atoms with Gasteiger partial charge in [-0.3, -0.25) is 19.3 Å². The van der Waals surface area contributed by atoms with Crippen LogP contribution in [0.4, 0.5) is 0 Å². The van der Waals surface area contributed by atoms with Gasteiger partial charge in [-0.1, -0.05) is 17.3 Å². The Hall–Kier alpha value is -3.51. The second kappa shape index (κ2) is 9.51. The number of nitrogens with zero attached hydrogens (tertiary/aromatic N) is 5. The van der Waals surface area contributed by atoms with E-state index in [1.807, 2.05) is 18.0 Å². The first-order valence-electron chi connectivity index (χ1n) is 12.2. The van der Waals surface area contributed by atoms with Crippen LogP contribution in [0.2, 0.25) is 0 Å². The van der Waals surface area contributed by atoms with E-state index in [1.54, 1.807) is 40.9 Å². The lowest BCUT2D eigenvalue weighted by Crippen LogP contribution is -2.54. The number of carbonyl (C=O) groups is 3. The molecule has 3 fully saturated rings. The van der Waals surface area contributed by atoms with Gasteiger partial charge in [0.25, 0.3) is 0 Å². The zero-order chi connectivity index (χ0) is 25.6. The largest absolute Gasteiger partial charge is 0.508 e. The number of phenols is 1. The molecule has 0 radical (unpaired) electrons. The number of carbonyl (C=O) groups excluding carboxylic acids is 3. The predicted molar refractivity (Wildman–Crippen MR) is 127 cm³/mol. The van der Waals surface area contributed by atoms with Crippen molar-refractivity contribution < 1.29 is 24.6 Å². The van der Waals surface area contributed by atoms with E-state index in [0.717, 1.165) is 0 Å². The highest BCUT2D eigenvalue weighted by atomic mass is 16.3. The number of likely N-dealkylation sites (N-methyl/N-ethyl adjacent to an activating group) is 1. The minimum Gasteiger partial charge on any atom is -0.508 e. The van der Waals surface area contributed by atoms with E-state index in [-0.39, 0.29) is 48.5 Å². The molecule has 3 amide bonds. The number of nitrogens with one attached hydrogen (secondary N) is 2. The predicted octanol–water partition coefficient (Wildman–Crippen LogP) is -0.749. The molecule has 3 saturated heterocycles. The van der Waals surface area contributed by atoms with Gasteiger partial charge < -0.3 is 25.7 Å². The summed E-state index contributed by atoms with van der Waals surface area (Å²) < 4.78 is 1.66. The number of aliphatic hydroxyl groups is 1. The molecule has 4 N–H and O–H groups in total. The number of benzene rings is 1. The summed E-state index contributed by atoms with van der Waals surface area (Å²) in [6.07, 6.45) is 1.34. The highest BCUT2D eigenvalue weighted by molar-refractivity contribution is 5.91. The van der Waals surface area contributed by atoms with Crippen LogP contribution in [-0.2, 0) is 14.4 Å². The molecular weight excluding hydrogens is 466 g/mol. The third-order valence-electron chi connectivity index (χ3n) is 7.43. The number of hydrogen-bond acceptors (Lipinski definition) is 8. The fourth-order valence-corrected chi connectivity index (χ4v) is 5.40. The summed E-state index contributed by atoms with van der Waals surface area (Å²) in [6.45, 7) is 2.43. The summed E-state index contributed by atoms with van der Waals surface area (Å²) in [4.78, 5) is 42.9. The van der Waals surface area contributed by atoms with Gasteiger partial charge in [0.2, 0.25) is 17.7 Å². The summed E-state index contributed by atoms with van der Waals surface area (Å²) in [5.74, 6) is -0.722. The maximum atomic E-state index is 13.7. The molecule has 36 heavy (non-hydrogen) atoms. The van der Waals surface area contributed by atoms with Gasteiger partial charge in [0, 0.05) is 31.1 Å². The van der Waals surface area contributed by atoms with Crippen LogP contribution in [0.15, 0.2) is 30.5 Å². The first-order chi connectivity index (χ1) is 17.2. The molecule has 6 atom stereocenters. The number of aromatic nitrogens is 3. The fraction of sp³-hybridized carbons (Fsp3) is 0.542. The van der Waals surface area contributed by atoms with Gasteiger partial charge in [-0.15, -0.1) is 5.10 Å². The number of aliphatic hydroxyl groups excluding tert-OH is 1. The number of fused-ring (bicyclic) bond motifs is 3. The van der Waals surface area contributed by atoms with Crippen molar-refractivity contribution in [3.63, 3.8) is 0 Å².